The SMILES string of the molecule is CCCCOC(=O)CCN(C)CCC[Si](OC)(OC)OC. The van der Waals surface area contributed by atoms with E-state index in [1.807, 2.05) is 7.05 Å². The van der Waals surface area contributed by atoms with E-state index in [-0.39, 0.29) is 5.97 Å². The molecule has 0 rings (SSSR count). The molecule has 21 heavy (non-hydrogen) atoms. The average Bonchev–Trinajstić information content (AvgIpc) is 2.50. The van der Waals surface area contributed by atoms with Gasteiger partial charge in [0.1, 0.15) is 0 Å². The summed E-state index contributed by atoms with van der Waals surface area (Å²) in [6, 6.07) is 0.766. The highest BCUT2D eigenvalue weighted by atomic mass is 28.4. The van der Waals surface area contributed by atoms with Crippen molar-refractivity contribution < 1.29 is 22.8 Å². The summed E-state index contributed by atoms with van der Waals surface area (Å²) in [5.74, 6) is -0.121. The fourth-order valence-electron chi connectivity index (χ4n) is 1.92. The normalized spacial score (nSPS) is 11.9. The maximum Gasteiger partial charge on any atom is 0.500 e. The molecule has 0 unspecified atom stereocenters. The molecule has 0 aliphatic carbocycles. The monoisotopic (exact) mass is 321 g/mol. The van der Waals surface area contributed by atoms with E-state index in [0.29, 0.717) is 19.6 Å². The quantitative estimate of drug-likeness (QED) is 0.293. The second kappa shape index (κ2) is 12.1. The minimum atomic E-state index is -2.47. The third-order valence-corrected chi connectivity index (χ3v) is 6.25. The molecule has 126 valence electrons. The van der Waals surface area contributed by atoms with Gasteiger partial charge in [0, 0.05) is 33.9 Å². The van der Waals surface area contributed by atoms with Gasteiger partial charge in [0.15, 0.2) is 0 Å². The smallest absolute Gasteiger partial charge is 0.466 e. The van der Waals surface area contributed by atoms with Crippen LogP contribution in [0.4, 0.5) is 0 Å². The van der Waals surface area contributed by atoms with Crippen molar-refractivity contribution in [3.05, 3.63) is 0 Å². The van der Waals surface area contributed by atoms with Crippen LogP contribution < -0.4 is 0 Å². The van der Waals surface area contributed by atoms with Gasteiger partial charge in [-0.3, -0.25) is 4.79 Å². The van der Waals surface area contributed by atoms with Gasteiger partial charge in [-0.05, 0) is 26.4 Å². The van der Waals surface area contributed by atoms with Crippen molar-refractivity contribution in [2.45, 2.75) is 38.7 Å². The Labute approximate surface area is 130 Å². The molecule has 0 atom stereocenters. The third-order valence-electron chi connectivity index (χ3n) is 3.41. The second-order valence-electron chi connectivity index (χ2n) is 5.03. The van der Waals surface area contributed by atoms with E-state index in [0.717, 1.165) is 31.9 Å². The number of hydrogen-bond acceptors (Lipinski definition) is 6. The number of esters is 1. The predicted octanol–water partition coefficient (Wildman–Crippen LogP) is 1.92. The van der Waals surface area contributed by atoms with Gasteiger partial charge in [-0.25, -0.2) is 0 Å². The molecule has 0 fully saturated rings. The van der Waals surface area contributed by atoms with Crippen LogP contribution in [-0.2, 0) is 22.8 Å². The van der Waals surface area contributed by atoms with Crippen LogP contribution in [0.3, 0.4) is 0 Å². The Morgan fingerprint density at radius 1 is 1.05 bits per heavy atom. The van der Waals surface area contributed by atoms with E-state index >= 15 is 0 Å². The molecule has 0 radical (unpaired) electrons. The molecule has 0 aliphatic heterocycles. The number of unbranched alkanes of at least 4 members (excludes halogenated alkanes) is 1. The number of ether oxygens (including phenoxy) is 1. The maximum atomic E-state index is 11.5. The number of carbonyl (C=O) groups excluding carboxylic acids is 1. The zero-order valence-electron chi connectivity index (χ0n) is 14.1. The molecule has 0 bridgehead atoms. The number of carbonyl (C=O) groups is 1. The summed E-state index contributed by atoms with van der Waals surface area (Å²) in [6.07, 6.45) is 3.31. The molecule has 0 aromatic heterocycles. The maximum absolute atomic E-state index is 11.5. The number of nitrogens with zero attached hydrogens (tertiary/aromatic N) is 1. The van der Waals surface area contributed by atoms with Crippen LogP contribution in [0.2, 0.25) is 6.04 Å². The lowest BCUT2D eigenvalue weighted by Crippen LogP contribution is -2.43. The lowest BCUT2D eigenvalue weighted by atomic mass is 10.3. The lowest BCUT2D eigenvalue weighted by Gasteiger charge is -2.25. The highest BCUT2D eigenvalue weighted by molar-refractivity contribution is 6.60. The largest absolute Gasteiger partial charge is 0.500 e. The van der Waals surface area contributed by atoms with Crippen LogP contribution in [0.15, 0.2) is 0 Å². The number of hydrogen-bond donors (Lipinski definition) is 0. The molecule has 7 heteroatoms. The summed E-state index contributed by atoms with van der Waals surface area (Å²) in [6.45, 7) is 4.17. The van der Waals surface area contributed by atoms with E-state index < -0.39 is 8.80 Å². The van der Waals surface area contributed by atoms with Crippen LogP contribution in [0, 0.1) is 0 Å². The molecule has 0 saturated carbocycles. The van der Waals surface area contributed by atoms with Crippen molar-refractivity contribution >= 4 is 14.8 Å². The first-order valence-electron chi connectivity index (χ1n) is 7.53. The van der Waals surface area contributed by atoms with Crippen LogP contribution in [0.25, 0.3) is 0 Å². The molecule has 0 saturated heterocycles. The molecule has 0 amide bonds. The van der Waals surface area contributed by atoms with E-state index in [1.54, 1.807) is 21.3 Å². The zero-order valence-corrected chi connectivity index (χ0v) is 15.1. The van der Waals surface area contributed by atoms with Gasteiger partial charge < -0.3 is 22.9 Å². The van der Waals surface area contributed by atoms with Crippen LogP contribution >= 0.6 is 0 Å². The van der Waals surface area contributed by atoms with Gasteiger partial charge in [0.05, 0.1) is 13.0 Å². The van der Waals surface area contributed by atoms with Crippen molar-refractivity contribution in [3.8, 4) is 0 Å². The Morgan fingerprint density at radius 2 is 1.67 bits per heavy atom. The Kier molecular flexibility index (Phi) is 11.8. The fraction of sp³-hybridized carbons (Fsp3) is 0.929. The van der Waals surface area contributed by atoms with E-state index in [1.165, 1.54) is 0 Å². The summed E-state index contributed by atoms with van der Waals surface area (Å²) in [5.41, 5.74) is 0. The molecule has 0 aliphatic rings. The summed E-state index contributed by atoms with van der Waals surface area (Å²) >= 11 is 0. The van der Waals surface area contributed by atoms with Crippen molar-refractivity contribution in [3.63, 3.8) is 0 Å². The van der Waals surface area contributed by atoms with Gasteiger partial charge in [-0.15, -0.1) is 0 Å². The van der Waals surface area contributed by atoms with E-state index in [9.17, 15) is 4.79 Å². The highest BCUT2D eigenvalue weighted by Gasteiger charge is 2.36. The summed E-state index contributed by atoms with van der Waals surface area (Å²) in [5, 5.41) is 0. The fourth-order valence-corrected chi connectivity index (χ4v) is 3.62. The van der Waals surface area contributed by atoms with Crippen molar-refractivity contribution in [2.24, 2.45) is 0 Å². The summed E-state index contributed by atoms with van der Waals surface area (Å²) in [7, 11) is 4.39. The van der Waals surface area contributed by atoms with Crippen molar-refractivity contribution in [1.29, 1.82) is 0 Å². The molecule has 0 aromatic carbocycles. The highest BCUT2D eigenvalue weighted by Crippen LogP contribution is 2.15. The Balaban J connectivity index is 3.80. The minimum Gasteiger partial charge on any atom is -0.466 e. The van der Waals surface area contributed by atoms with Crippen LogP contribution in [-0.4, -0.2) is 67.7 Å². The van der Waals surface area contributed by atoms with E-state index in [2.05, 4.69) is 11.8 Å². The molecule has 6 nitrogen and oxygen atoms in total. The lowest BCUT2D eigenvalue weighted by molar-refractivity contribution is -0.144. The van der Waals surface area contributed by atoms with Crippen molar-refractivity contribution in [2.75, 3.05) is 48.1 Å². The average molecular weight is 321 g/mol. The van der Waals surface area contributed by atoms with Gasteiger partial charge in [-0.2, -0.15) is 0 Å². The first-order valence-corrected chi connectivity index (χ1v) is 9.46. The van der Waals surface area contributed by atoms with E-state index in [4.69, 9.17) is 18.0 Å². The first kappa shape index (κ1) is 20.5. The molecule has 0 heterocycles. The predicted molar refractivity (Wildman–Crippen MR) is 84.2 cm³/mol. The molecular weight excluding hydrogens is 290 g/mol. The van der Waals surface area contributed by atoms with Gasteiger partial charge in [-0.1, -0.05) is 13.3 Å². The zero-order chi connectivity index (χ0) is 16.1. The van der Waals surface area contributed by atoms with Crippen molar-refractivity contribution in [1.82, 2.24) is 4.90 Å². The van der Waals surface area contributed by atoms with Gasteiger partial charge >= 0.3 is 14.8 Å². The summed E-state index contributed by atoms with van der Waals surface area (Å²) < 4.78 is 21.2. The topological polar surface area (TPSA) is 57.2 Å². The molecular formula is C14H31NO5Si. The summed E-state index contributed by atoms with van der Waals surface area (Å²) in [4.78, 5) is 13.6. The third kappa shape index (κ3) is 9.21. The van der Waals surface area contributed by atoms with Gasteiger partial charge in [0.25, 0.3) is 0 Å². The standard InChI is InChI=1S/C14H31NO5Si/c1-6-7-12-20-14(16)9-11-15(2)10-8-13-21(17-3,18-4)19-5/h6-13H2,1-5H3. The first-order chi connectivity index (χ1) is 10.0. The minimum absolute atomic E-state index is 0.121. The Morgan fingerprint density at radius 3 is 2.19 bits per heavy atom. The Bertz CT molecular complexity index is 266. The Hall–Kier alpha value is -0.473. The number of rotatable bonds is 13. The van der Waals surface area contributed by atoms with Gasteiger partial charge in [0.2, 0.25) is 0 Å². The van der Waals surface area contributed by atoms with Crippen LogP contribution in [0.5, 0.6) is 0 Å². The molecule has 0 spiro atoms. The van der Waals surface area contributed by atoms with Crippen LogP contribution in [0.1, 0.15) is 32.6 Å². The second-order valence-corrected chi connectivity index (χ2v) is 8.12. The molecule has 0 aromatic rings. The molecule has 0 N–H and O–H groups in total.